The normalized spacial score (nSPS) is 23.2. The molecule has 3 aliphatic rings. The number of carboxylic acid groups (broad SMARTS) is 1. The maximum absolute atomic E-state index is 13.0. The Bertz CT molecular complexity index is 1550. The number of aromatic nitrogens is 1. The van der Waals surface area contributed by atoms with Crippen molar-refractivity contribution < 1.29 is 23.1 Å². The van der Waals surface area contributed by atoms with E-state index in [-0.39, 0.29) is 11.5 Å². The van der Waals surface area contributed by atoms with E-state index in [9.17, 15) is 23.1 Å². The molecule has 0 bridgehead atoms. The van der Waals surface area contributed by atoms with Crippen molar-refractivity contribution in [1.29, 1.82) is 0 Å². The number of amides is 1. The van der Waals surface area contributed by atoms with Crippen LogP contribution < -0.4 is 4.72 Å². The van der Waals surface area contributed by atoms with Crippen LogP contribution in [0.4, 0.5) is 0 Å². The molecule has 1 amide bonds. The second-order valence-corrected chi connectivity index (χ2v) is 12.8. The molecule has 6 rings (SSSR count). The van der Waals surface area contributed by atoms with Gasteiger partial charge in [0, 0.05) is 48.6 Å². The van der Waals surface area contributed by atoms with E-state index in [2.05, 4.69) is 21.4 Å². The van der Waals surface area contributed by atoms with Crippen LogP contribution in [0.25, 0.3) is 22.2 Å². The molecule has 2 saturated carbocycles. The molecule has 0 radical (unpaired) electrons. The van der Waals surface area contributed by atoms with E-state index in [4.69, 9.17) is 0 Å². The Hall–Kier alpha value is -3.17. The molecule has 9 heteroatoms. The molecule has 0 spiro atoms. The first kappa shape index (κ1) is 24.2. The summed E-state index contributed by atoms with van der Waals surface area (Å²) < 4.78 is 29.8. The molecule has 37 heavy (non-hydrogen) atoms. The third-order valence-corrected chi connectivity index (χ3v) is 10.0. The van der Waals surface area contributed by atoms with Crippen LogP contribution in [0.15, 0.2) is 42.5 Å². The molecule has 0 saturated heterocycles. The largest absolute Gasteiger partial charge is 0.481 e. The number of carboxylic acids is 1. The minimum atomic E-state index is -3.95. The van der Waals surface area contributed by atoms with E-state index in [1.807, 2.05) is 18.2 Å². The van der Waals surface area contributed by atoms with Gasteiger partial charge in [-0.3, -0.25) is 9.59 Å². The van der Waals surface area contributed by atoms with Crippen LogP contribution in [-0.2, 0) is 21.5 Å². The fraction of sp³-hybridized carbons (Fsp3) is 0.429. The van der Waals surface area contributed by atoms with Gasteiger partial charge in [0.05, 0.1) is 11.1 Å². The van der Waals surface area contributed by atoms with Gasteiger partial charge in [-0.05, 0) is 48.4 Å². The van der Waals surface area contributed by atoms with E-state index >= 15 is 0 Å². The predicted octanol–water partition coefficient (Wildman–Crippen LogP) is 4.46. The molecule has 8 nitrogen and oxygen atoms in total. The van der Waals surface area contributed by atoms with Crippen molar-refractivity contribution in [3.63, 3.8) is 0 Å². The zero-order valence-electron chi connectivity index (χ0n) is 21.0. The summed E-state index contributed by atoms with van der Waals surface area (Å²) >= 11 is 0. The highest BCUT2D eigenvalue weighted by atomic mass is 32.2. The van der Waals surface area contributed by atoms with Crippen LogP contribution >= 0.6 is 0 Å². The van der Waals surface area contributed by atoms with Crippen LogP contribution in [0.5, 0.6) is 0 Å². The van der Waals surface area contributed by atoms with Gasteiger partial charge in [-0.15, -0.1) is 0 Å². The molecule has 3 aromatic rings. The average Bonchev–Trinajstić information content (AvgIpc) is 3.55. The molecule has 2 aromatic carbocycles. The van der Waals surface area contributed by atoms with Crippen molar-refractivity contribution in [2.45, 2.75) is 56.9 Å². The average molecular weight is 522 g/mol. The lowest BCUT2D eigenvalue weighted by Gasteiger charge is -2.24. The molecule has 2 aliphatic carbocycles. The van der Waals surface area contributed by atoms with E-state index in [1.165, 1.54) is 26.1 Å². The summed E-state index contributed by atoms with van der Waals surface area (Å²) in [5.41, 5.74) is 4.57. The minimum Gasteiger partial charge on any atom is -0.481 e. The molecule has 2 heterocycles. The van der Waals surface area contributed by atoms with Gasteiger partial charge in [-0.1, -0.05) is 49.6 Å². The molecule has 2 fully saturated rings. The Kier molecular flexibility index (Phi) is 5.51. The number of fused-ring (bicyclic) bond motifs is 7. The molecular weight excluding hydrogens is 490 g/mol. The minimum absolute atomic E-state index is 0.0490. The van der Waals surface area contributed by atoms with Gasteiger partial charge in [0.25, 0.3) is 5.91 Å². The summed E-state index contributed by atoms with van der Waals surface area (Å²) in [6.07, 6.45) is 6.26. The van der Waals surface area contributed by atoms with Crippen LogP contribution in [0, 0.1) is 5.41 Å². The third-order valence-electron chi connectivity index (χ3n) is 8.61. The number of aliphatic carboxylic acids is 1. The van der Waals surface area contributed by atoms with Crippen LogP contribution in [0.3, 0.4) is 0 Å². The van der Waals surface area contributed by atoms with Gasteiger partial charge in [0.15, 0.2) is 0 Å². The number of rotatable bonds is 5. The molecular formula is C28H31N3O5S. The second kappa shape index (κ2) is 8.43. The summed E-state index contributed by atoms with van der Waals surface area (Å²) in [5, 5.41) is 11.3. The number of nitrogens with zero attached hydrogens (tertiary/aromatic N) is 2. The van der Waals surface area contributed by atoms with Gasteiger partial charge in [-0.25, -0.2) is 4.72 Å². The summed E-state index contributed by atoms with van der Waals surface area (Å²) in [6, 6.07) is 13.5. The van der Waals surface area contributed by atoms with Crippen molar-refractivity contribution in [3.05, 3.63) is 59.2 Å². The smallest absolute Gasteiger partial charge is 0.312 e. The maximum atomic E-state index is 13.0. The van der Waals surface area contributed by atoms with Crippen molar-refractivity contribution in [1.82, 2.24) is 13.6 Å². The lowest BCUT2D eigenvalue weighted by Crippen LogP contribution is -2.39. The number of hydrogen-bond donors (Lipinski definition) is 2. The first-order chi connectivity index (χ1) is 17.6. The molecule has 1 unspecified atom stereocenters. The number of carbonyl (C=O) groups excluding carboxylic acids is 1. The summed E-state index contributed by atoms with van der Waals surface area (Å²) in [6.45, 7) is 0.321. The van der Waals surface area contributed by atoms with E-state index in [1.54, 1.807) is 12.1 Å². The molecule has 2 atom stereocenters. The molecule has 2 N–H and O–H groups in total. The van der Waals surface area contributed by atoms with Crippen LogP contribution in [0.2, 0.25) is 0 Å². The van der Waals surface area contributed by atoms with E-state index in [0.717, 1.165) is 57.7 Å². The molecule has 1 aliphatic heterocycles. The van der Waals surface area contributed by atoms with Gasteiger partial charge < -0.3 is 9.67 Å². The van der Waals surface area contributed by atoms with E-state index in [0.29, 0.717) is 18.9 Å². The maximum Gasteiger partial charge on any atom is 0.312 e. The van der Waals surface area contributed by atoms with E-state index < -0.39 is 27.5 Å². The van der Waals surface area contributed by atoms with Gasteiger partial charge in [0.2, 0.25) is 0 Å². The zero-order chi connectivity index (χ0) is 26.1. The lowest BCUT2D eigenvalue weighted by atomic mass is 9.81. The fourth-order valence-electron chi connectivity index (χ4n) is 6.53. The monoisotopic (exact) mass is 521 g/mol. The number of carbonyl (C=O) groups is 2. The first-order valence-corrected chi connectivity index (χ1v) is 14.3. The zero-order valence-corrected chi connectivity index (χ0v) is 21.8. The van der Waals surface area contributed by atoms with Gasteiger partial charge in [0.1, 0.15) is 0 Å². The highest BCUT2D eigenvalue weighted by molar-refractivity contribution is 7.87. The Morgan fingerprint density at radius 1 is 1.08 bits per heavy atom. The van der Waals surface area contributed by atoms with Gasteiger partial charge in [-0.2, -0.15) is 12.7 Å². The Morgan fingerprint density at radius 2 is 1.81 bits per heavy atom. The highest BCUT2D eigenvalue weighted by Crippen LogP contribution is 2.65. The van der Waals surface area contributed by atoms with Crippen molar-refractivity contribution in [2.75, 3.05) is 14.1 Å². The van der Waals surface area contributed by atoms with Gasteiger partial charge >= 0.3 is 16.2 Å². The van der Waals surface area contributed by atoms with Crippen molar-refractivity contribution in [2.24, 2.45) is 5.41 Å². The second-order valence-electron chi connectivity index (χ2n) is 10.9. The topological polar surface area (TPSA) is 109 Å². The van der Waals surface area contributed by atoms with Crippen LogP contribution in [-0.4, -0.2) is 48.4 Å². The number of benzene rings is 2. The Balaban J connectivity index is 1.59. The highest BCUT2D eigenvalue weighted by Gasteiger charge is 2.63. The first-order valence-electron chi connectivity index (χ1n) is 12.9. The Morgan fingerprint density at radius 3 is 2.51 bits per heavy atom. The number of nitrogens with one attached hydrogen (secondary N) is 1. The number of hydrogen-bond acceptors (Lipinski definition) is 4. The van der Waals surface area contributed by atoms with Crippen LogP contribution in [0.1, 0.15) is 71.8 Å². The summed E-state index contributed by atoms with van der Waals surface area (Å²) in [4.78, 5) is 25.6. The summed E-state index contributed by atoms with van der Waals surface area (Å²) in [7, 11) is -1.23. The SMILES string of the molecule is CN(C)S(=O)(=O)NC(=O)c1ccc2c(C3CCCCC3)c3n(c2c1)C[C@@]1(C(=O)O)CC1c1ccccc1-3. The van der Waals surface area contributed by atoms with Crippen molar-refractivity contribution >= 4 is 33.0 Å². The quantitative estimate of drug-likeness (QED) is 0.515. The standard InChI is InChI=1S/C28H31N3O5S/c1-30(2)37(35,36)29-26(32)18-12-13-21-23(14-18)31-16-28(27(33)34)15-22(28)19-10-6-7-11-20(19)25(31)24(21)17-8-4-3-5-9-17/h6-7,10-14,17,22H,3-5,8-9,15-16H2,1-2H3,(H,29,32)(H,33,34)/t22?,28-/m0/s1. The summed E-state index contributed by atoms with van der Waals surface area (Å²) in [5.74, 6) is -1.21. The van der Waals surface area contributed by atoms with Crippen molar-refractivity contribution in [3.8, 4) is 11.3 Å². The lowest BCUT2D eigenvalue weighted by molar-refractivity contribution is -0.144. The molecule has 194 valence electrons. The third kappa shape index (κ3) is 3.70. The Labute approximate surface area is 216 Å². The predicted molar refractivity (Wildman–Crippen MR) is 141 cm³/mol. The molecule has 1 aromatic heterocycles. The fourth-order valence-corrected chi connectivity index (χ4v) is 7.07.